The van der Waals surface area contributed by atoms with Gasteiger partial charge in [0.15, 0.2) is 0 Å². The summed E-state index contributed by atoms with van der Waals surface area (Å²) in [5, 5.41) is 0. The number of methoxy groups -OCH3 is 1. The molecule has 2 heterocycles. The molecule has 16 heavy (non-hydrogen) atoms. The van der Waals surface area contributed by atoms with Crippen molar-refractivity contribution in [2.75, 3.05) is 7.11 Å². The highest BCUT2D eigenvalue weighted by molar-refractivity contribution is 5.45. The fourth-order valence-electron chi connectivity index (χ4n) is 3.45. The highest BCUT2D eigenvalue weighted by Gasteiger charge is 2.44. The molecular weight excluding hydrogens is 198 g/mol. The predicted molar refractivity (Wildman–Crippen MR) is 64.7 cm³/mol. The standard InChI is InChI=1S/C14H19NO/c1-9(2)15-13-6-7-14(15)12-8-10(16-3)4-5-11(12)13/h4-5,8-9,13-14H,6-7H2,1-3H3. The van der Waals surface area contributed by atoms with Crippen LogP contribution in [0, 0.1) is 0 Å². The van der Waals surface area contributed by atoms with Crippen molar-refractivity contribution in [3.8, 4) is 5.75 Å². The van der Waals surface area contributed by atoms with Crippen LogP contribution in [-0.4, -0.2) is 18.1 Å². The molecule has 0 N–H and O–H groups in total. The Hall–Kier alpha value is -1.02. The highest BCUT2D eigenvalue weighted by Crippen LogP contribution is 2.54. The Kier molecular flexibility index (Phi) is 2.21. The molecule has 2 nitrogen and oxygen atoms in total. The van der Waals surface area contributed by atoms with Crippen molar-refractivity contribution in [3.05, 3.63) is 29.3 Å². The van der Waals surface area contributed by atoms with Crippen LogP contribution in [0.3, 0.4) is 0 Å². The quantitative estimate of drug-likeness (QED) is 0.753. The van der Waals surface area contributed by atoms with Crippen molar-refractivity contribution in [2.45, 2.75) is 44.8 Å². The third-order valence-electron chi connectivity index (χ3n) is 4.04. The van der Waals surface area contributed by atoms with Gasteiger partial charge in [-0.05, 0) is 49.9 Å². The highest BCUT2D eigenvalue weighted by atomic mass is 16.5. The van der Waals surface area contributed by atoms with E-state index in [1.165, 1.54) is 24.0 Å². The second kappa shape index (κ2) is 3.49. The SMILES string of the molecule is COc1ccc2c(c1)C1CCC2N1C(C)C. The van der Waals surface area contributed by atoms with Gasteiger partial charge in [-0.3, -0.25) is 4.90 Å². The zero-order valence-electron chi connectivity index (χ0n) is 10.2. The van der Waals surface area contributed by atoms with Gasteiger partial charge in [0.2, 0.25) is 0 Å². The molecule has 0 radical (unpaired) electrons. The van der Waals surface area contributed by atoms with Gasteiger partial charge in [0.1, 0.15) is 5.75 Å². The summed E-state index contributed by atoms with van der Waals surface area (Å²) in [6.45, 7) is 4.60. The molecule has 0 saturated carbocycles. The zero-order chi connectivity index (χ0) is 11.3. The Balaban J connectivity index is 2.05. The van der Waals surface area contributed by atoms with Crippen molar-refractivity contribution < 1.29 is 4.74 Å². The van der Waals surface area contributed by atoms with Crippen molar-refractivity contribution in [2.24, 2.45) is 0 Å². The average Bonchev–Trinajstić information content (AvgIpc) is 2.84. The Bertz CT molecular complexity index is 413. The van der Waals surface area contributed by atoms with E-state index in [-0.39, 0.29) is 0 Å². The fraction of sp³-hybridized carbons (Fsp3) is 0.571. The first-order valence-electron chi connectivity index (χ1n) is 6.17. The van der Waals surface area contributed by atoms with E-state index >= 15 is 0 Å². The average molecular weight is 217 g/mol. The van der Waals surface area contributed by atoms with Gasteiger partial charge in [0.05, 0.1) is 7.11 Å². The van der Waals surface area contributed by atoms with E-state index in [1.54, 1.807) is 7.11 Å². The van der Waals surface area contributed by atoms with Crippen LogP contribution < -0.4 is 4.74 Å². The van der Waals surface area contributed by atoms with Crippen molar-refractivity contribution in [1.29, 1.82) is 0 Å². The molecule has 0 aromatic heterocycles. The molecule has 2 atom stereocenters. The predicted octanol–water partition coefficient (Wildman–Crippen LogP) is 3.30. The summed E-state index contributed by atoms with van der Waals surface area (Å²) in [7, 11) is 1.75. The van der Waals surface area contributed by atoms with Gasteiger partial charge in [-0.15, -0.1) is 0 Å². The number of ether oxygens (including phenoxy) is 1. The summed E-state index contributed by atoms with van der Waals surface area (Å²) in [6, 6.07) is 8.51. The minimum atomic E-state index is 0.634. The van der Waals surface area contributed by atoms with E-state index in [1.807, 2.05) is 0 Å². The molecule has 0 spiro atoms. The van der Waals surface area contributed by atoms with Crippen LogP contribution in [0.15, 0.2) is 18.2 Å². The topological polar surface area (TPSA) is 12.5 Å². The lowest BCUT2D eigenvalue weighted by molar-refractivity contribution is 0.174. The van der Waals surface area contributed by atoms with E-state index in [0.29, 0.717) is 18.1 Å². The van der Waals surface area contributed by atoms with Gasteiger partial charge in [0, 0.05) is 18.1 Å². The third kappa shape index (κ3) is 1.23. The molecule has 2 unspecified atom stereocenters. The molecule has 86 valence electrons. The maximum Gasteiger partial charge on any atom is 0.119 e. The minimum absolute atomic E-state index is 0.634. The van der Waals surface area contributed by atoms with Crippen LogP contribution >= 0.6 is 0 Å². The van der Waals surface area contributed by atoms with E-state index < -0.39 is 0 Å². The Morgan fingerprint density at radius 1 is 1.19 bits per heavy atom. The smallest absolute Gasteiger partial charge is 0.119 e. The van der Waals surface area contributed by atoms with E-state index in [9.17, 15) is 0 Å². The maximum atomic E-state index is 5.32. The van der Waals surface area contributed by atoms with Crippen LogP contribution in [0.1, 0.15) is 49.9 Å². The lowest BCUT2D eigenvalue weighted by Crippen LogP contribution is -2.27. The zero-order valence-corrected chi connectivity index (χ0v) is 10.2. The normalized spacial score (nSPS) is 27.5. The van der Waals surface area contributed by atoms with E-state index in [0.717, 1.165) is 5.75 Å². The van der Waals surface area contributed by atoms with Crippen molar-refractivity contribution in [3.63, 3.8) is 0 Å². The second-order valence-electron chi connectivity index (χ2n) is 5.14. The lowest BCUT2D eigenvalue weighted by atomic mass is 9.92. The monoisotopic (exact) mass is 217 g/mol. The Labute approximate surface area is 97.2 Å². The maximum absolute atomic E-state index is 5.32. The molecule has 2 heteroatoms. The summed E-state index contributed by atoms with van der Waals surface area (Å²) in [4.78, 5) is 2.66. The van der Waals surface area contributed by atoms with Crippen LogP contribution in [0.4, 0.5) is 0 Å². The number of rotatable bonds is 2. The van der Waals surface area contributed by atoms with Crippen LogP contribution in [0.5, 0.6) is 5.75 Å². The second-order valence-corrected chi connectivity index (χ2v) is 5.14. The summed E-state index contributed by atoms with van der Waals surface area (Å²) < 4.78 is 5.32. The molecule has 0 amide bonds. The molecule has 3 rings (SSSR count). The first-order valence-corrected chi connectivity index (χ1v) is 6.17. The number of hydrogen-bond donors (Lipinski definition) is 0. The van der Waals surface area contributed by atoms with Crippen molar-refractivity contribution >= 4 is 0 Å². The molecule has 2 bridgehead atoms. The summed E-state index contributed by atoms with van der Waals surface area (Å²) in [5.41, 5.74) is 3.04. The summed E-state index contributed by atoms with van der Waals surface area (Å²) in [6.07, 6.45) is 2.63. The molecule has 1 aromatic carbocycles. The largest absolute Gasteiger partial charge is 0.497 e. The Morgan fingerprint density at radius 2 is 1.88 bits per heavy atom. The molecule has 2 aliphatic heterocycles. The number of nitrogens with zero attached hydrogens (tertiary/aromatic N) is 1. The number of fused-ring (bicyclic) bond motifs is 5. The van der Waals surface area contributed by atoms with Gasteiger partial charge in [-0.25, -0.2) is 0 Å². The minimum Gasteiger partial charge on any atom is -0.497 e. The summed E-state index contributed by atoms with van der Waals surface area (Å²) >= 11 is 0. The molecule has 1 saturated heterocycles. The molecule has 0 aliphatic carbocycles. The van der Waals surface area contributed by atoms with E-state index in [4.69, 9.17) is 4.74 Å². The first kappa shape index (κ1) is 10.2. The number of benzene rings is 1. The van der Waals surface area contributed by atoms with Crippen molar-refractivity contribution in [1.82, 2.24) is 4.90 Å². The molecule has 1 aromatic rings. The Morgan fingerprint density at radius 3 is 2.50 bits per heavy atom. The molecular formula is C14H19NO. The fourth-order valence-corrected chi connectivity index (χ4v) is 3.45. The molecule has 2 aliphatic rings. The van der Waals surface area contributed by atoms with Crippen LogP contribution in [0.25, 0.3) is 0 Å². The third-order valence-corrected chi connectivity index (χ3v) is 4.04. The van der Waals surface area contributed by atoms with Crippen LogP contribution in [0.2, 0.25) is 0 Å². The van der Waals surface area contributed by atoms with Gasteiger partial charge < -0.3 is 4.74 Å². The first-order chi connectivity index (χ1) is 7.72. The van der Waals surface area contributed by atoms with Crippen LogP contribution in [-0.2, 0) is 0 Å². The van der Waals surface area contributed by atoms with Gasteiger partial charge in [-0.1, -0.05) is 6.07 Å². The lowest BCUT2D eigenvalue weighted by Gasteiger charge is -2.26. The summed E-state index contributed by atoms with van der Waals surface area (Å²) in [5.74, 6) is 0.995. The van der Waals surface area contributed by atoms with Gasteiger partial charge >= 0.3 is 0 Å². The van der Waals surface area contributed by atoms with Gasteiger partial charge in [-0.2, -0.15) is 0 Å². The van der Waals surface area contributed by atoms with Gasteiger partial charge in [0.25, 0.3) is 0 Å². The molecule has 1 fully saturated rings. The van der Waals surface area contributed by atoms with E-state index in [2.05, 4.69) is 36.9 Å². The number of hydrogen-bond acceptors (Lipinski definition) is 2.